The lowest BCUT2D eigenvalue weighted by atomic mass is 9.87. The van der Waals surface area contributed by atoms with E-state index >= 15 is 0 Å². The lowest BCUT2D eigenvalue weighted by Gasteiger charge is -2.35. The largest absolute Gasteiger partial charge is 0.305 e. The lowest BCUT2D eigenvalue weighted by Crippen LogP contribution is -2.46. The number of hydrogen-bond donors (Lipinski definition) is 0. The van der Waals surface area contributed by atoms with E-state index in [0.717, 1.165) is 19.6 Å². The highest BCUT2D eigenvalue weighted by Gasteiger charge is 2.30. The molecule has 1 atom stereocenters. The zero-order valence-corrected chi connectivity index (χ0v) is 12.1. The monoisotopic (exact) mass is 240 g/mol. The van der Waals surface area contributed by atoms with E-state index < -0.39 is 0 Å². The van der Waals surface area contributed by atoms with Crippen LogP contribution >= 0.6 is 0 Å². The zero-order valence-electron chi connectivity index (χ0n) is 12.1. The van der Waals surface area contributed by atoms with Gasteiger partial charge in [-0.05, 0) is 39.9 Å². The zero-order chi connectivity index (χ0) is 13.1. The van der Waals surface area contributed by atoms with Crippen molar-refractivity contribution in [2.24, 2.45) is 5.41 Å². The Hall–Kier alpha value is -0.410. The minimum atomic E-state index is -0.212. The summed E-state index contributed by atoms with van der Waals surface area (Å²) in [4.78, 5) is 16.6. The number of rotatable bonds is 4. The summed E-state index contributed by atoms with van der Waals surface area (Å²) < 4.78 is 0. The average molecular weight is 240 g/mol. The number of nitrogens with zero attached hydrogens (tertiary/aromatic N) is 2. The van der Waals surface area contributed by atoms with Crippen LogP contribution in [0, 0.1) is 5.41 Å². The molecular weight excluding hydrogens is 212 g/mol. The molecule has 3 nitrogen and oxygen atoms in total. The van der Waals surface area contributed by atoms with Gasteiger partial charge >= 0.3 is 0 Å². The SMILES string of the molecule is CCC1CN(C)CCCN1CC(C)(C)C(C)=O. The molecule has 1 aliphatic rings. The molecule has 17 heavy (non-hydrogen) atoms. The van der Waals surface area contributed by atoms with Crippen LogP contribution in [-0.4, -0.2) is 54.9 Å². The first-order valence-electron chi connectivity index (χ1n) is 6.80. The predicted octanol–water partition coefficient (Wildman–Crippen LogP) is 2.02. The highest BCUT2D eigenvalue weighted by molar-refractivity contribution is 5.81. The first-order chi connectivity index (χ1) is 7.86. The fourth-order valence-corrected chi connectivity index (χ4v) is 2.51. The van der Waals surface area contributed by atoms with Crippen LogP contribution in [0.2, 0.25) is 0 Å². The molecule has 0 amide bonds. The van der Waals surface area contributed by atoms with Crippen molar-refractivity contribution < 1.29 is 4.79 Å². The van der Waals surface area contributed by atoms with Gasteiger partial charge in [-0.3, -0.25) is 9.69 Å². The molecule has 0 aromatic heterocycles. The second kappa shape index (κ2) is 5.96. The second-order valence-corrected chi connectivity index (χ2v) is 6.09. The summed E-state index contributed by atoms with van der Waals surface area (Å²) in [5.41, 5.74) is -0.212. The molecule has 100 valence electrons. The Morgan fingerprint density at radius 2 is 2.00 bits per heavy atom. The van der Waals surface area contributed by atoms with Crippen LogP contribution in [-0.2, 0) is 4.79 Å². The van der Waals surface area contributed by atoms with Gasteiger partial charge in [-0.25, -0.2) is 0 Å². The van der Waals surface area contributed by atoms with Gasteiger partial charge in [0.25, 0.3) is 0 Å². The molecule has 0 radical (unpaired) electrons. The molecule has 1 aliphatic heterocycles. The molecule has 0 bridgehead atoms. The first-order valence-corrected chi connectivity index (χ1v) is 6.80. The van der Waals surface area contributed by atoms with E-state index in [1.165, 1.54) is 19.4 Å². The van der Waals surface area contributed by atoms with Crippen LogP contribution in [0.5, 0.6) is 0 Å². The Morgan fingerprint density at radius 3 is 2.53 bits per heavy atom. The van der Waals surface area contributed by atoms with Crippen LogP contribution < -0.4 is 0 Å². The fourth-order valence-electron chi connectivity index (χ4n) is 2.51. The Labute approximate surface area is 106 Å². The van der Waals surface area contributed by atoms with Crippen molar-refractivity contribution in [3.8, 4) is 0 Å². The summed E-state index contributed by atoms with van der Waals surface area (Å²) >= 11 is 0. The molecule has 1 unspecified atom stereocenters. The number of Topliss-reactive ketones (excluding diaryl/α,β-unsaturated/α-hetero) is 1. The molecule has 1 heterocycles. The third kappa shape index (κ3) is 4.07. The van der Waals surface area contributed by atoms with Gasteiger partial charge in [0.1, 0.15) is 5.78 Å². The minimum Gasteiger partial charge on any atom is -0.305 e. The summed E-state index contributed by atoms with van der Waals surface area (Å²) in [5.74, 6) is 0.296. The van der Waals surface area contributed by atoms with Gasteiger partial charge in [0.05, 0.1) is 0 Å². The molecule has 0 spiro atoms. The predicted molar refractivity (Wildman–Crippen MR) is 72.2 cm³/mol. The van der Waals surface area contributed by atoms with Crippen molar-refractivity contribution in [1.82, 2.24) is 9.80 Å². The number of hydrogen-bond acceptors (Lipinski definition) is 3. The lowest BCUT2D eigenvalue weighted by molar-refractivity contribution is -0.126. The molecule has 3 heteroatoms. The number of carbonyl (C=O) groups is 1. The second-order valence-electron chi connectivity index (χ2n) is 6.09. The third-order valence-corrected chi connectivity index (χ3v) is 4.05. The van der Waals surface area contributed by atoms with Gasteiger partial charge in [-0.15, -0.1) is 0 Å². The van der Waals surface area contributed by atoms with Gasteiger partial charge in [-0.2, -0.15) is 0 Å². The van der Waals surface area contributed by atoms with Crippen LogP contribution in [0.1, 0.15) is 40.5 Å². The normalized spacial score (nSPS) is 24.6. The van der Waals surface area contributed by atoms with Gasteiger partial charge in [0.2, 0.25) is 0 Å². The molecule has 0 N–H and O–H groups in total. The third-order valence-electron chi connectivity index (χ3n) is 4.05. The van der Waals surface area contributed by atoms with Crippen molar-refractivity contribution >= 4 is 5.78 Å². The maximum Gasteiger partial charge on any atom is 0.136 e. The first kappa shape index (κ1) is 14.7. The molecule has 0 aliphatic carbocycles. The standard InChI is InChI=1S/C14H28N2O/c1-6-13-10-15(5)8-7-9-16(13)11-14(3,4)12(2)17/h13H,6-11H2,1-5H3. The minimum absolute atomic E-state index is 0.212. The summed E-state index contributed by atoms with van der Waals surface area (Å²) in [6, 6.07) is 0.598. The van der Waals surface area contributed by atoms with Crippen molar-refractivity contribution in [3.05, 3.63) is 0 Å². The quantitative estimate of drug-likeness (QED) is 0.751. The maximum absolute atomic E-state index is 11.6. The van der Waals surface area contributed by atoms with Crippen LogP contribution in [0.15, 0.2) is 0 Å². The van der Waals surface area contributed by atoms with Crippen molar-refractivity contribution in [3.63, 3.8) is 0 Å². The molecule has 0 aromatic rings. The maximum atomic E-state index is 11.6. The van der Waals surface area contributed by atoms with Crippen LogP contribution in [0.25, 0.3) is 0 Å². The van der Waals surface area contributed by atoms with E-state index in [9.17, 15) is 4.79 Å². The van der Waals surface area contributed by atoms with Crippen molar-refractivity contribution in [2.75, 3.05) is 33.2 Å². The Morgan fingerprint density at radius 1 is 1.35 bits per heavy atom. The molecule has 1 rings (SSSR count). The Kier molecular flexibility index (Phi) is 5.14. The van der Waals surface area contributed by atoms with Crippen LogP contribution in [0.4, 0.5) is 0 Å². The van der Waals surface area contributed by atoms with E-state index in [4.69, 9.17) is 0 Å². The fraction of sp³-hybridized carbons (Fsp3) is 0.929. The highest BCUT2D eigenvalue weighted by atomic mass is 16.1. The Bertz CT molecular complexity index is 263. The molecule has 0 saturated carbocycles. The number of likely N-dealkylation sites (N-methyl/N-ethyl adjacent to an activating group) is 1. The number of ketones is 1. The van der Waals surface area contributed by atoms with Gasteiger partial charge in [0, 0.05) is 24.5 Å². The van der Waals surface area contributed by atoms with Crippen LogP contribution in [0.3, 0.4) is 0 Å². The van der Waals surface area contributed by atoms with Gasteiger partial charge in [0.15, 0.2) is 0 Å². The summed E-state index contributed by atoms with van der Waals surface area (Å²) in [5, 5.41) is 0. The van der Waals surface area contributed by atoms with Gasteiger partial charge in [-0.1, -0.05) is 20.8 Å². The van der Waals surface area contributed by atoms with E-state index in [1.807, 2.05) is 0 Å². The van der Waals surface area contributed by atoms with Crippen molar-refractivity contribution in [1.29, 1.82) is 0 Å². The van der Waals surface area contributed by atoms with Crippen molar-refractivity contribution in [2.45, 2.75) is 46.6 Å². The summed E-state index contributed by atoms with van der Waals surface area (Å²) in [6.45, 7) is 12.4. The van der Waals surface area contributed by atoms with Gasteiger partial charge < -0.3 is 4.90 Å². The average Bonchev–Trinajstić information content (AvgIpc) is 2.39. The summed E-state index contributed by atoms with van der Waals surface area (Å²) in [7, 11) is 2.20. The van der Waals surface area contributed by atoms with E-state index in [2.05, 4.69) is 37.6 Å². The van der Waals surface area contributed by atoms with E-state index in [0.29, 0.717) is 11.8 Å². The molecular formula is C14H28N2O. The smallest absolute Gasteiger partial charge is 0.136 e. The Balaban J connectivity index is 2.69. The highest BCUT2D eigenvalue weighted by Crippen LogP contribution is 2.22. The topological polar surface area (TPSA) is 23.6 Å². The van der Waals surface area contributed by atoms with E-state index in [1.54, 1.807) is 6.92 Å². The number of carbonyl (C=O) groups excluding carboxylic acids is 1. The van der Waals surface area contributed by atoms with E-state index in [-0.39, 0.29) is 5.41 Å². The molecule has 0 aromatic carbocycles. The molecule has 1 saturated heterocycles. The summed E-state index contributed by atoms with van der Waals surface area (Å²) in [6.07, 6.45) is 2.37. The molecule has 1 fully saturated rings.